The minimum absolute atomic E-state index is 0.0193. The van der Waals surface area contributed by atoms with E-state index in [1.54, 1.807) is 24.3 Å². The van der Waals surface area contributed by atoms with E-state index in [-0.39, 0.29) is 11.7 Å². The van der Waals surface area contributed by atoms with Crippen LogP contribution in [0, 0.1) is 0 Å². The summed E-state index contributed by atoms with van der Waals surface area (Å²) in [4.78, 5) is 14.6. The number of hydrogen-bond acceptors (Lipinski definition) is 3. The van der Waals surface area contributed by atoms with Crippen LogP contribution in [0.5, 0.6) is 0 Å². The molecule has 0 N–H and O–H groups in total. The van der Waals surface area contributed by atoms with Gasteiger partial charge in [-0.05, 0) is 48.2 Å². The lowest BCUT2D eigenvalue weighted by Gasteiger charge is -2.27. The number of benzene rings is 2. The molecule has 5 nitrogen and oxygen atoms in total. The van der Waals surface area contributed by atoms with E-state index in [2.05, 4.69) is 18.2 Å². The molecule has 1 amide bonds. The quantitative estimate of drug-likeness (QED) is 0.819. The molecule has 0 aromatic heterocycles. The summed E-state index contributed by atoms with van der Waals surface area (Å²) in [7, 11) is -3.20. The summed E-state index contributed by atoms with van der Waals surface area (Å²) in [6, 6.07) is 17.1. The first kappa shape index (κ1) is 17.8. The summed E-state index contributed by atoms with van der Waals surface area (Å²) in [6.45, 7) is 1.78. The highest BCUT2D eigenvalue weighted by Crippen LogP contribution is 2.26. The van der Waals surface area contributed by atoms with E-state index in [0.29, 0.717) is 37.3 Å². The van der Waals surface area contributed by atoms with Crippen LogP contribution in [-0.2, 0) is 10.0 Å². The van der Waals surface area contributed by atoms with Crippen LogP contribution >= 0.6 is 0 Å². The van der Waals surface area contributed by atoms with Crippen molar-refractivity contribution in [2.45, 2.75) is 12.8 Å². The van der Waals surface area contributed by atoms with Crippen molar-refractivity contribution in [2.75, 3.05) is 29.7 Å². The third-order valence-electron chi connectivity index (χ3n) is 5.14. The Hall–Kier alpha value is -2.60. The first-order chi connectivity index (χ1) is 13.0. The fourth-order valence-electron chi connectivity index (χ4n) is 3.65. The number of anilines is 1. The summed E-state index contributed by atoms with van der Waals surface area (Å²) in [6.07, 6.45) is 3.59. The Morgan fingerprint density at radius 1 is 0.926 bits per heavy atom. The Balaban J connectivity index is 1.45. The topological polar surface area (TPSA) is 57.7 Å². The van der Waals surface area contributed by atoms with Gasteiger partial charge in [-0.3, -0.25) is 9.10 Å². The van der Waals surface area contributed by atoms with Crippen molar-refractivity contribution in [3.63, 3.8) is 0 Å². The number of sulfonamides is 1. The van der Waals surface area contributed by atoms with Crippen molar-refractivity contribution in [3.05, 3.63) is 71.8 Å². The van der Waals surface area contributed by atoms with E-state index < -0.39 is 10.0 Å². The second-order valence-corrected chi connectivity index (χ2v) is 8.90. The molecule has 4 rings (SSSR count). The number of hydrogen-bond donors (Lipinski definition) is 0. The van der Waals surface area contributed by atoms with E-state index in [4.69, 9.17) is 0 Å². The predicted molar refractivity (Wildman–Crippen MR) is 107 cm³/mol. The largest absolute Gasteiger partial charge is 0.335 e. The zero-order valence-electron chi connectivity index (χ0n) is 15.0. The van der Waals surface area contributed by atoms with E-state index in [9.17, 15) is 13.2 Å². The molecular formula is C21H22N2O3S. The molecule has 0 bridgehead atoms. The van der Waals surface area contributed by atoms with Crippen LogP contribution in [0.25, 0.3) is 5.57 Å². The van der Waals surface area contributed by atoms with Gasteiger partial charge in [0.2, 0.25) is 10.0 Å². The van der Waals surface area contributed by atoms with Crippen molar-refractivity contribution in [3.8, 4) is 0 Å². The van der Waals surface area contributed by atoms with E-state index >= 15 is 0 Å². The maximum absolute atomic E-state index is 12.8. The maximum Gasteiger partial charge on any atom is 0.254 e. The Morgan fingerprint density at radius 3 is 2.26 bits per heavy atom. The lowest BCUT2D eigenvalue weighted by atomic mass is 9.99. The molecule has 1 saturated heterocycles. The number of carbonyl (C=O) groups is 1. The summed E-state index contributed by atoms with van der Waals surface area (Å²) < 4.78 is 25.5. The molecule has 2 aromatic rings. The second kappa shape index (κ2) is 7.19. The molecule has 6 heteroatoms. The Bertz CT molecular complexity index is 966. The van der Waals surface area contributed by atoms with Gasteiger partial charge in [0.15, 0.2) is 0 Å². The smallest absolute Gasteiger partial charge is 0.254 e. The van der Waals surface area contributed by atoms with Gasteiger partial charge in [-0.15, -0.1) is 0 Å². The van der Waals surface area contributed by atoms with Crippen molar-refractivity contribution in [1.82, 2.24) is 4.90 Å². The standard InChI is InChI=1S/C21H22N2O3S/c24-21(22-14-11-18(12-15-22)17-5-2-1-3-6-17)19-7-9-20(10-8-19)23-13-4-16-27(23,25)26/h1-3,5-11H,4,12-16H2. The van der Waals surface area contributed by atoms with E-state index in [1.807, 2.05) is 23.1 Å². The molecule has 2 aliphatic heterocycles. The summed E-state index contributed by atoms with van der Waals surface area (Å²) in [5.41, 5.74) is 3.70. The highest BCUT2D eigenvalue weighted by Gasteiger charge is 2.28. The highest BCUT2D eigenvalue weighted by molar-refractivity contribution is 7.93. The van der Waals surface area contributed by atoms with Crippen LogP contribution in [0.3, 0.4) is 0 Å². The third-order valence-corrected chi connectivity index (χ3v) is 7.01. The normalized spacial score (nSPS) is 19.0. The monoisotopic (exact) mass is 382 g/mol. The van der Waals surface area contributed by atoms with Gasteiger partial charge >= 0.3 is 0 Å². The molecule has 27 heavy (non-hydrogen) atoms. The molecule has 0 aliphatic carbocycles. The molecule has 0 spiro atoms. The van der Waals surface area contributed by atoms with Crippen molar-refractivity contribution >= 4 is 27.2 Å². The van der Waals surface area contributed by atoms with Gasteiger partial charge in [0.1, 0.15) is 0 Å². The first-order valence-corrected chi connectivity index (χ1v) is 10.8. The van der Waals surface area contributed by atoms with Gasteiger partial charge in [-0.1, -0.05) is 36.4 Å². The number of nitrogens with zero attached hydrogens (tertiary/aromatic N) is 2. The van der Waals surface area contributed by atoms with E-state index in [1.165, 1.54) is 15.4 Å². The van der Waals surface area contributed by atoms with Gasteiger partial charge in [0.25, 0.3) is 5.91 Å². The van der Waals surface area contributed by atoms with Crippen LogP contribution < -0.4 is 4.31 Å². The highest BCUT2D eigenvalue weighted by atomic mass is 32.2. The molecule has 2 aromatic carbocycles. The molecule has 140 valence electrons. The van der Waals surface area contributed by atoms with Gasteiger partial charge < -0.3 is 4.90 Å². The average Bonchev–Trinajstić information content (AvgIpc) is 3.07. The molecular weight excluding hydrogens is 360 g/mol. The lowest BCUT2D eigenvalue weighted by Crippen LogP contribution is -2.34. The van der Waals surface area contributed by atoms with Gasteiger partial charge in [0, 0.05) is 25.2 Å². The summed E-state index contributed by atoms with van der Waals surface area (Å²) in [5.74, 6) is 0.173. The zero-order valence-corrected chi connectivity index (χ0v) is 15.9. The number of amides is 1. The third kappa shape index (κ3) is 3.62. The zero-order chi connectivity index (χ0) is 18.9. The Labute approximate surface area is 160 Å². The van der Waals surface area contributed by atoms with Crippen LogP contribution in [0.15, 0.2) is 60.7 Å². The summed E-state index contributed by atoms with van der Waals surface area (Å²) in [5, 5.41) is 0. The van der Waals surface area contributed by atoms with Crippen LogP contribution in [0.1, 0.15) is 28.8 Å². The minimum atomic E-state index is -3.20. The molecule has 0 unspecified atom stereocenters. The predicted octanol–water partition coefficient (Wildman–Crippen LogP) is 3.16. The molecule has 2 heterocycles. The minimum Gasteiger partial charge on any atom is -0.335 e. The van der Waals surface area contributed by atoms with Crippen molar-refractivity contribution in [1.29, 1.82) is 0 Å². The maximum atomic E-state index is 12.8. The van der Waals surface area contributed by atoms with Crippen LogP contribution in [-0.4, -0.2) is 44.6 Å². The Morgan fingerprint density at radius 2 is 1.67 bits per heavy atom. The van der Waals surface area contributed by atoms with Gasteiger partial charge in [0.05, 0.1) is 11.4 Å². The van der Waals surface area contributed by atoms with Gasteiger partial charge in [-0.25, -0.2) is 8.42 Å². The SMILES string of the molecule is O=C(c1ccc(N2CCCS2(=O)=O)cc1)N1CC=C(c2ccccc2)CC1. The molecule has 1 fully saturated rings. The number of carbonyl (C=O) groups excluding carboxylic acids is 1. The number of rotatable bonds is 3. The summed E-state index contributed by atoms with van der Waals surface area (Å²) >= 11 is 0. The second-order valence-electron chi connectivity index (χ2n) is 6.89. The lowest BCUT2D eigenvalue weighted by molar-refractivity contribution is 0.0773. The van der Waals surface area contributed by atoms with Gasteiger partial charge in [-0.2, -0.15) is 0 Å². The van der Waals surface area contributed by atoms with Crippen molar-refractivity contribution in [2.24, 2.45) is 0 Å². The molecule has 2 aliphatic rings. The molecule has 0 atom stereocenters. The van der Waals surface area contributed by atoms with E-state index in [0.717, 1.165) is 6.42 Å². The molecule has 0 radical (unpaired) electrons. The van der Waals surface area contributed by atoms with Crippen LogP contribution in [0.2, 0.25) is 0 Å². The fourth-order valence-corrected chi connectivity index (χ4v) is 5.21. The fraction of sp³-hybridized carbons (Fsp3) is 0.286. The molecule has 0 saturated carbocycles. The first-order valence-electron chi connectivity index (χ1n) is 9.19. The van der Waals surface area contributed by atoms with Crippen LogP contribution in [0.4, 0.5) is 5.69 Å². The van der Waals surface area contributed by atoms with Crippen molar-refractivity contribution < 1.29 is 13.2 Å². The average molecular weight is 382 g/mol. The Kier molecular flexibility index (Phi) is 4.74.